The highest BCUT2D eigenvalue weighted by Gasteiger charge is 2.11. The molecule has 3 nitrogen and oxygen atoms in total. The van der Waals surface area contributed by atoms with Gasteiger partial charge in [-0.1, -0.05) is 18.2 Å². The number of aryl methyl sites for hydroxylation is 1. The van der Waals surface area contributed by atoms with E-state index in [4.69, 9.17) is 0 Å². The lowest BCUT2D eigenvalue weighted by molar-refractivity contribution is -0.121. The molecule has 0 saturated carbocycles. The predicted octanol–water partition coefficient (Wildman–Crippen LogP) is 2.25. The Bertz CT molecular complexity index is 432. The van der Waals surface area contributed by atoms with Crippen LogP contribution in [0.25, 0.3) is 0 Å². The van der Waals surface area contributed by atoms with E-state index < -0.39 is 6.10 Å². The highest BCUT2D eigenvalue weighted by atomic mass is 19.1. The molecular weight excluding hydrogens is 233 g/mol. The Labute approximate surface area is 106 Å². The lowest BCUT2D eigenvalue weighted by Crippen LogP contribution is -2.23. The number of amides is 1. The van der Waals surface area contributed by atoms with Crippen LogP contribution < -0.4 is 5.32 Å². The van der Waals surface area contributed by atoms with E-state index in [9.17, 15) is 14.3 Å². The third-order valence-corrected chi connectivity index (χ3v) is 2.66. The second-order valence-electron chi connectivity index (χ2n) is 4.16. The Morgan fingerprint density at radius 3 is 2.94 bits per heavy atom. The van der Waals surface area contributed by atoms with E-state index in [0.717, 1.165) is 0 Å². The van der Waals surface area contributed by atoms with Crippen molar-refractivity contribution >= 4 is 5.91 Å². The molecule has 0 saturated heterocycles. The number of benzene rings is 1. The molecule has 1 amide bonds. The summed E-state index contributed by atoms with van der Waals surface area (Å²) >= 11 is 0. The topological polar surface area (TPSA) is 49.3 Å². The number of carbonyl (C=O) groups is 1. The van der Waals surface area contributed by atoms with Crippen LogP contribution >= 0.6 is 0 Å². The minimum absolute atomic E-state index is 0.132. The molecule has 0 spiro atoms. The first-order valence-electron chi connectivity index (χ1n) is 5.86. The molecule has 1 aromatic carbocycles. The van der Waals surface area contributed by atoms with Gasteiger partial charge in [-0.25, -0.2) is 4.39 Å². The summed E-state index contributed by atoms with van der Waals surface area (Å²) < 4.78 is 13.1. The number of halogens is 1. The highest BCUT2D eigenvalue weighted by molar-refractivity contribution is 5.76. The summed E-state index contributed by atoms with van der Waals surface area (Å²) in [6.07, 6.45) is 1.38. The molecule has 0 aliphatic heterocycles. The summed E-state index contributed by atoms with van der Waals surface area (Å²) in [7, 11) is 0. The van der Waals surface area contributed by atoms with Crippen molar-refractivity contribution in [2.45, 2.75) is 25.9 Å². The zero-order chi connectivity index (χ0) is 13.5. The lowest BCUT2D eigenvalue weighted by Gasteiger charge is -2.11. The van der Waals surface area contributed by atoms with Crippen LogP contribution in [0.3, 0.4) is 0 Å². The van der Waals surface area contributed by atoms with Gasteiger partial charge in [0.25, 0.3) is 0 Å². The summed E-state index contributed by atoms with van der Waals surface area (Å²) in [4.78, 5) is 11.3. The van der Waals surface area contributed by atoms with Crippen molar-refractivity contribution in [1.82, 2.24) is 5.32 Å². The normalized spacial score (nSPS) is 11.9. The van der Waals surface area contributed by atoms with Crippen molar-refractivity contribution in [3.8, 4) is 0 Å². The van der Waals surface area contributed by atoms with Crippen molar-refractivity contribution in [3.63, 3.8) is 0 Å². The van der Waals surface area contributed by atoms with Gasteiger partial charge < -0.3 is 10.4 Å². The van der Waals surface area contributed by atoms with Crippen LogP contribution in [0.15, 0.2) is 30.9 Å². The fourth-order valence-corrected chi connectivity index (χ4v) is 1.58. The minimum atomic E-state index is -0.751. The molecule has 0 radical (unpaired) electrons. The third kappa shape index (κ3) is 4.30. The number of aliphatic hydroxyl groups is 1. The number of aliphatic hydroxyl groups excluding tert-OH is 1. The van der Waals surface area contributed by atoms with E-state index in [1.165, 1.54) is 12.1 Å². The molecule has 2 N–H and O–H groups in total. The summed E-state index contributed by atoms with van der Waals surface area (Å²) in [5.41, 5.74) is 1.12. The van der Waals surface area contributed by atoms with Gasteiger partial charge in [-0.3, -0.25) is 4.79 Å². The van der Waals surface area contributed by atoms with Crippen LogP contribution in [0.2, 0.25) is 0 Å². The van der Waals surface area contributed by atoms with Crippen molar-refractivity contribution in [3.05, 3.63) is 47.8 Å². The highest BCUT2D eigenvalue weighted by Crippen LogP contribution is 2.20. The first-order valence-corrected chi connectivity index (χ1v) is 5.86. The van der Waals surface area contributed by atoms with Gasteiger partial charge in [0.1, 0.15) is 5.82 Å². The van der Waals surface area contributed by atoms with Gasteiger partial charge in [0, 0.05) is 13.0 Å². The molecule has 4 heteroatoms. The van der Waals surface area contributed by atoms with Crippen LogP contribution in [-0.2, 0) is 4.79 Å². The Balaban J connectivity index is 2.49. The van der Waals surface area contributed by atoms with Gasteiger partial charge in [-0.15, -0.1) is 6.58 Å². The van der Waals surface area contributed by atoms with Crippen LogP contribution in [0.5, 0.6) is 0 Å². The van der Waals surface area contributed by atoms with Crippen molar-refractivity contribution in [2.75, 3.05) is 6.54 Å². The van der Waals surface area contributed by atoms with E-state index in [0.29, 0.717) is 24.1 Å². The molecule has 1 atom stereocenters. The average Bonchev–Trinajstić information content (AvgIpc) is 2.36. The summed E-state index contributed by atoms with van der Waals surface area (Å²) in [6.45, 7) is 5.56. The molecule has 1 aromatic rings. The van der Waals surface area contributed by atoms with Crippen LogP contribution in [0, 0.1) is 12.7 Å². The van der Waals surface area contributed by atoms with Gasteiger partial charge in [0.2, 0.25) is 5.91 Å². The van der Waals surface area contributed by atoms with Gasteiger partial charge in [-0.2, -0.15) is 0 Å². The average molecular weight is 251 g/mol. The number of hydrogen-bond donors (Lipinski definition) is 2. The molecular formula is C14H18FNO2. The number of nitrogens with one attached hydrogen (secondary N) is 1. The van der Waals surface area contributed by atoms with E-state index in [2.05, 4.69) is 11.9 Å². The molecule has 1 rings (SSSR count). The monoisotopic (exact) mass is 251 g/mol. The molecule has 0 fully saturated rings. The fourth-order valence-electron chi connectivity index (χ4n) is 1.58. The number of hydrogen-bond acceptors (Lipinski definition) is 2. The maximum Gasteiger partial charge on any atom is 0.220 e. The Kier molecular flexibility index (Phi) is 5.52. The van der Waals surface area contributed by atoms with Crippen molar-refractivity contribution in [2.24, 2.45) is 0 Å². The van der Waals surface area contributed by atoms with Crippen LogP contribution in [0.4, 0.5) is 4.39 Å². The summed E-state index contributed by atoms with van der Waals surface area (Å²) in [5, 5.41) is 12.5. The number of rotatable bonds is 6. The molecule has 0 heterocycles. The fraction of sp³-hybridized carbons (Fsp3) is 0.357. The zero-order valence-electron chi connectivity index (χ0n) is 10.4. The van der Waals surface area contributed by atoms with E-state index in [1.54, 1.807) is 19.1 Å². The quantitative estimate of drug-likeness (QED) is 0.762. The molecule has 1 unspecified atom stereocenters. The second kappa shape index (κ2) is 6.91. The molecule has 0 aliphatic rings. The summed E-state index contributed by atoms with van der Waals surface area (Å²) in [6, 6.07) is 4.46. The zero-order valence-corrected chi connectivity index (χ0v) is 10.4. The Hall–Kier alpha value is -1.68. The second-order valence-corrected chi connectivity index (χ2v) is 4.16. The maximum atomic E-state index is 13.1. The van der Waals surface area contributed by atoms with Crippen molar-refractivity contribution < 1.29 is 14.3 Å². The minimum Gasteiger partial charge on any atom is -0.388 e. The molecule has 0 bridgehead atoms. The molecule has 0 aromatic heterocycles. The van der Waals surface area contributed by atoms with E-state index in [-0.39, 0.29) is 18.1 Å². The predicted molar refractivity (Wildman–Crippen MR) is 68.5 cm³/mol. The van der Waals surface area contributed by atoms with Gasteiger partial charge in [0.05, 0.1) is 6.10 Å². The number of carbonyl (C=O) groups excluding carboxylic acids is 1. The van der Waals surface area contributed by atoms with Crippen LogP contribution in [-0.4, -0.2) is 17.6 Å². The molecule has 18 heavy (non-hydrogen) atoms. The SMILES string of the molecule is C=CCNC(=O)CCC(O)c1ccc(F)c(C)c1. The van der Waals surface area contributed by atoms with Gasteiger partial charge >= 0.3 is 0 Å². The van der Waals surface area contributed by atoms with Gasteiger partial charge in [-0.05, 0) is 30.5 Å². The van der Waals surface area contributed by atoms with E-state index in [1.807, 2.05) is 0 Å². The van der Waals surface area contributed by atoms with Gasteiger partial charge in [0.15, 0.2) is 0 Å². The standard InChI is InChI=1S/C14H18FNO2/c1-3-8-16-14(18)7-6-13(17)11-4-5-12(15)10(2)9-11/h3-5,9,13,17H,1,6-8H2,2H3,(H,16,18). The maximum absolute atomic E-state index is 13.1. The summed E-state index contributed by atoms with van der Waals surface area (Å²) in [5.74, 6) is -0.428. The largest absolute Gasteiger partial charge is 0.388 e. The first kappa shape index (κ1) is 14.4. The lowest BCUT2D eigenvalue weighted by atomic mass is 10.0. The first-order chi connectivity index (χ1) is 8.54. The van der Waals surface area contributed by atoms with Crippen LogP contribution in [0.1, 0.15) is 30.1 Å². The van der Waals surface area contributed by atoms with Crippen molar-refractivity contribution in [1.29, 1.82) is 0 Å². The Morgan fingerprint density at radius 2 is 2.33 bits per heavy atom. The third-order valence-electron chi connectivity index (χ3n) is 2.66. The molecule has 98 valence electrons. The smallest absolute Gasteiger partial charge is 0.220 e. The molecule has 0 aliphatic carbocycles. The Morgan fingerprint density at radius 1 is 1.61 bits per heavy atom. The van der Waals surface area contributed by atoms with E-state index >= 15 is 0 Å².